The Labute approximate surface area is 98.5 Å². The largest absolute Gasteiger partial charge is 0.504 e. The Hall–Kier alpha value is -0.990. The first-order chi connectivity index (χ1) is 7.40. The Morgan fingerprint density at radius 1 is 1.19 bits per heavy atom. The highest BCUT2D eigenvalue weighted by Gasteiger charge is 2.23. The monoisotopic (exact) mass is 224 g/mol. The van der Waals surface area contributed by atoms with Crippen molar-refractivity contribution in [2.45, 2.75) is 65.8 Å². The van der Waals surface area contributed by atoms with Gasteiger partial charge in [-0.15, -0.1) is 0 Å². The summed E-state index contributed by atoms with van der Waals surface area (Å²) >= 11 is 0. The zero-order valence-electron chi connectivity index (χ0n) is 11.3. The third kappa shape index (κ3) is 2.23. The predicted molar refractivity (Wildman–Crippen MR) is 67.1 cm³/mol. The van der Waals surface area contributed by atoms with Gasteiger partial charge in [-0.05, 0) is 20.3 Å². The van der Waals surface area contributed by atoms with Crippen molar-refractivity contribution < 1.29 is 5.11 Å². The standard InChI is InChI=1S/C13H24N2O/c1-7-10(6)12-13(16)11(8(2)3)14-15(12)9(4)5/h8-10,16H,7H2,1-6H3. The Bertz CT molecular complexity index is 353. The zero-order valence-corrected chi connectivity index (χ0v) is 11.3. The van der Waals surface area contributed by atoms with Crippen LogP contribution in [-0.2, 0) is 0 Å². The van der Waals surface area contributed by atoms with Crippen LogP contribution >= 0.6 is 0 Å². The van der Waals surface area contributed by atoms with Crippen LogP contribution in [0, 0.1) is 0 Å². The molecule has 1 heterocycles. The maximum absolute atomic E-state index is 10.2. The van der Waals surface area contributed by atoms with Gasteiger partial charge in [-0.3, -0.25) is 4.68 Å². The van der Waals surface area contributed by atoms with E-state index in [0.717, 1.165) is 17.8 Å². The highest BCUT2D eigenvalue weighted by atomic mass is 16.3. The summed E-state index contributed by atoms with van der Waals surface area (Å²) in [5.74, 6) is 1.02. The first-order valence-corrected chi connectivity index (χ1v) is 6.21. The van der Waals surface area contributed by atoms with E-state index in [-0.39, 0.29) is 5.92 Å². The Kier molecular flexibility index (Phi) is 4.00. The molecule has 0 aliphatic heterocycles. The summed E-state index contributed by atoms with van der Waals surface area (Å²) in [5, 5.41) is 14.8. The minimum Gasteiger partial charge on any atom is -0.504 e. The van der Waals surface area contributed by atoms with Gasteiger partial charge in [0.25, 0.3) is 0 Å². The van der Waals surface area contributed by atoms with E-state index in [1.807, 2.05) is 4.68 Å². The molecule has 3 nitrogen and oxygen atoms in total. The normalized spacial score (nSPS) is 13.8. The molecule has 1 N–H and O–H groups in total. The number of aromatic nitrogens is 2. The van der Waals surface area contributed by atoms with Gasteiger partial charge in [0.2, 0.25) is 0 Å². The van der Waals surface area contributed by atoms with Crippen molar-refractivity contribution >= 4 is 0 Å². The smallest absolute Gasteiger partial charge is 0.160 e. The predicted octanol–water partition coefficient (Wildman–Crippen LogP) is 3.81. The van der Waals surface area contributed by atoms with Gasteiger partial charge in [0.15, 0.2) is 5.75 Å². The molecule has 0 amide bonds. The second-order valence-corrected chi connectivity index (χ2v) is 5.12. The summed E-state index contributed by atoms with van der Waals surface area (Å²) in [5.41, 5.74) is 1.81. The van der Waals surface area contributed by atoms with Crippen molar-refractivity contribution in [3.8, 4) is 5.75 Å². The molecular weight excluding hydrogens is 200 g/mol. The van der Waals surface area contributed by atoms with Crippen LogP contribution in [0.25, 0.3) is 0 Å². The van der Waals surface area contributed by atoms with Gasteiger partial charge >= 0.3 is 0 Å². The first-order valence-electron chi connectivity index (χ1n) is 6.21. The molecule has 0 radical (unpaired) electrons. The topological polar surface area (TPSA) is 38.1 Å². The molecule has 0 fully saturated rings. The fourth-order valence-electron chi connectivity index (χ4n) is 1.89. The van der Waals surface area contributed by atoms with E-state index >= 15 is 0 Å². The number of rotatable bonds is 4. The number of nitrogens with zero attached hydrogens (tertiary/aromatic N) is 2. The quantitative estimate of drug-likeness (QED) is 0.844. The van der Waals surface area contributed by atoms with Crippen molar-refractivity contribution in [3.63, 3.8) is 0 Å². The average molecular weight is 224 g/mol. The van der Waals surface area contributed by atoms with Crippen molar-refractivity contribution in [3.05, 3.63) is 11.4 Å². The lowest BCUT2D eigenvalue weighted by molar-refractivity contribution is 0.437. The van der Waals surface area contributed by atoms with E-state index in [0.29, 0.717) is 17.7 Å². The van der Waals surface area contributed by atoms with Crippen molar-refractivity contribution in [1.82, 2.24) is 9.78 Å². The molecule has 1 aromatic heterocycles. The zero-order chi connectivity index (χ0) is 12.5. The SMILES string of the molecule is CCC(C)c1c(O)c(C(C)C)nn1C(C)C. The third-order valence-corrected chi connectivity index (χ3v) is 3.06. The Balaban J connectivity index is 3.32. The maximum atomic E-state index is 10.2. The van der Waals surface area contributed by atoms with Crippen LogP contribution < -0.4 is 0 Å². The second kappa shape index (κ2) is 4.89. The molecule has 0 aliphatic rings. The summed E-state index contributed by atoms with van der Waals surface area (Å²) in [6.45, 7) is 12.6. The molecule has 0 spiro atoms. The highest BCUT2D eigenvalue weighted by Crippen LogP contribution is 2.35. The molecule has 1 atom stereocenters. The van der Waals surface area contributed by atoms with E-state index in [1.54, 1.807) is 0 Å². The molecule has 0 aliphatic carbocycles. The van der Waals surface area contributed by atoms with E-state index < -0.39 is 0 Å². The van der Waals surface area contributed by atoms with Crippen LogP contribution in [0.4, 0.5) is 0 Å². The molecule has 16 heavy (non-hydrogen) atoms. The molecule has 0 saturated carbocycles. The van der Waals surface area contributed by atoms with Crippen LogP contribution in [0.2, 0.25) is 0 Å². The van der Waals surface area contributed by atoms with Gasteiger partial charge in [0.05, 0.1) is 5.69 Å². The van der Waals surface area contributed by atoms with Crippen molar-refractivity contribution in [2.75, 3.05) is 0 Å². The van der Waals surface area contributed by atoms with E-state index in [4.69, 9.17) is 0 Å². The maximum Gasteiger partial charge on any atom is 0.160 e. The molecular formula is C13H24N2O. The van der Waals surface area contributed by atoms with Gasteiger partial charge in [0.1, 0.15) is 5.69 Å². The average Bonchev–Trinajstić information content (AvgIpc) is 2.55. The molecule has 92 valence electrons. The summed E-state index contributed by atoms with van der Waals surface area (Å²) in [4.78, 5) is 0. The fourth-order valence-corrected chi connectivity index (χ4v) is 1.89. The van der Waals surface area contributed by atoms with Gasteiger partial charge in [-0.2, -0.15) is 5.10 Å². The molecule has 1 aromatic rings. The van der Waals surface area contributed by atoms with Crippen molar-refractivity contribution in [1.29, 1.82) is 0 Å². The lowest BCUT2D eigenvalue weighted by Crippen LogP contribution is -2.09. The van der Waals surface area contributed by atoms with Crippen molar-refractivity contribution in [2.24, 2.45) is 0 Å². The summed E-state index contributed by atoms with van der Waals surface area (Å²) in [6.07, 6.45) is 1.02. The summed E-state index contributed by atoms with van der Waals surface area (Å²) < 4.78 is 1.97. The van der Waals surface area contributed by atoms with Crippen LogP contribution in [0.1, 0.15) is 77.2 Å². The van der Waals surface area contributed by atoms with Gasteiger partial charge in [-0.25, -0.2) is 0 Å². The van der Waals surface area contributed by atoms with Crippen LogP contribution in [0.5, 0.6) is 5.75 Å². The minimum atomic E-state index is 0.266. The van der Waals surface area contributed by atoms with E-state index in [9.17, 15) is 5.11 Å². The van der Waals surface area contributed by atoms with Crippen LogP contribution in [0.15, 0.2) is 0 Å². The van der Waals surface area contributed by atoms with Crippen LogP contribution in [0.3, 0.4) is 0 Å². The van der Waals surface area contributed by atoms with Gasteiger partial charge < -0.3 is 5.11 Å². The molecule has 0 aromatic carbocycles. The molecule has 0 saturated heterocycles. The number of aromatic hydroxyl groups is 1. The number of hydrogen-bond donors (Lipinski definition) is 1. The van der Waals surface area contributed by atoms with E-state index in [2.05, 4.69) is 46.6 Å². The lowest BCUT2D eigenvalue weighted by Gasteiger charge is -2.15. The molecule has 0 bridgehead atoms. The molecule has 1 rings (SSSR count). The van der Waals surface area contributed by atoms with Crippen LogP contribution in [-0.4, -0.2) is 14.9 Å². The minimum absolute atomic E-state index is 0.266. The molecule has 3 heteroatoms. The highest BCUT2D eigenvalue weighted by molar-refractivity contribution is 5.36. The second-order valence-electron chi connectivity index (χ2n) is 5.12. The number of hydrogen-bond acceptors (Lipinski definition) is 2. The van der Waals surface area contributed by atoms with E-state index in [1.165, 1.54) is 0 Å². The Morgan fingerprint density at radius 3 is 2.12 bits per heavy atom. The Morgan fingerprint density at radius 2 is 1.75 bits per heavy atom. The fraction of sp³-hybridized carbons (Fsp3) is 0.769. The lowest BCUT2D eigenvalue weighted by atomic mass is 10.0. The van der Waals surface area contributed by atoms with Gasteiger partial charge in [0, 0.05) is 17.9 Å². The first kappa shape index (κ1) is 13.1. The summed E-state index contributed by atoms with van der Waals surface area (Å²) in [6, 6.07) is 0.294. The van der Waals surface area contributed by atoms with Gasteiger partial charge in [-0.1, -0.05) is 27.7 Å². The summed E-state index contributed by atoms with van der Waals surface area (Å²) in [7, 11) is 0. The third-order valence-electron chi connectivity index (χ3n) is 3.06. The molecule has 1 unspecified atom stereocenters.